The molecule has 3 rings (SSSR count). The van der Waals surface area contributed by atoms with Crippen LogP contribution in [0.4, 0.5) is 0 Å². The van der Waals surface area contributed by atoms with Gasteiger partial charge in [-0.05, 0) is 35.7 Å². The van der Waals surface area contributed by atoms with Gasteiger partial charge in [-0.2, -0.15) is 0 Å². The van der Waals surface area contributed by atoms with Gasteiger partial charge in [0.1, 0.15) is 11.3 Å². The molecule has 1 amide bonds. The Morgan fingerprint density at radius 3 is 2.65 bits per heavy atom. The summed E-state index contributed by atoms with van der Waals surface area (Å²) in [6.07, 6.45) is 2.20. The van der Waals surface area contributed by atoms with Gasteiger partial charge in [-0.1, -0.05) is 42.5 Å². The van der Waals surface area contributed by atoms with Crippen molar-refractivity contribution in [2.75, 3.05) is 13.7 Å². The van der Waals surface area contributed by atoms with Gasteiger partial charge in [-0.3, -0.25) is 9.59 Å². The van der Waals surface area contributed by atoms with Crippen LogP contribution in [0.3, 0.4) is 0 Å². The van der Waals surface area contributed by atoms with Crippen molar-refractivity contribution >= 4 is 5.91 Å². The first-order valence-electron chi connectivity index (χ1n) is 8.37. The van der Waals surface area contributed by atoms with Crippen molar-refractivity contribution in [3.8, 4) is 16.9 Å². The zero-order valence-electron chi connectivity index (χ0n) is 14.5. The molecule has 0 unspecified atom stereocenters. The van der Waals surface area contributed by atoms with E-state index in [-0.39, 0.29) is 11.5 Å². The smallest absolute Gasteiger partial charge is 0.261 e. The van der Waals surface area contributed by atoms with Crippen LogP contribution < -0.4 is 15.6 Å². The normalized spacial score (nSPS) is 10.3. The van der Waals surface area contributed by atoms with Gasteiger partial charge in [0, 0.05) is 18.3 Å². The first-order valence-corrected chi connectivity index (χ1v) is 8.37. The second-order valence-electron chi connectivity index (χ2n) is 5.82. The standard InChI is InChI=1S/C21H20N2O3/c1-26-17-9-5-6-15(14-17)10-12-22-20(24)19-18(11-13-23-21(19)25)16-7-3-2-4-8-16/h2-9,11,13-14H,10,12H2,1H3,(H,22,24)(H,23,25). The van der Waals surface area contributed by atoms with Crippen molar-refractivity contribution in [1.29, 1.82) is 0 Å². The summed E-state index contributed by atoms with van der Waals surface area (Å²) in [5.74, 6) is 0.397. The Bertz CT molecular complexity index is 949. The molecule has 3 aromatic rings. The van der Waals surface area contributed by atoms with E-state index in [1.54, 1.807) is 19.4 Å². The summed E-state index contributed by atoms with van der Waals surface area (Å²) in [6.45, 7) is 0.425. The van der Waals surface area contributed by atoms with Crippen LogP contribution in [0, 0.1) is 0 Å². The van der Waals surface area contributed by atoms with E-state index >= 15 is 0 Å². The number of nitrogens with one attached hydrogen (secondary N) is 2. The fourth-order valence-electron chi connectivity index (χ4n) is 2.80. The largest absolute Gasteiger partial charge is 0.497 e. The molecule has 132 valence electrons. The van der Waals surface area contributed by atoms with E-state index in [0.29, 0.717) is 18.5 Å². The molecule has 5 nitrogen and oxygen atoms in total. The van der Waals surface area contributed by atoms with E-state index in [0.717, 1.165) is 16.9 Å². The van der Waals surface area contributed by atoms with E-state index in [1.165, 1.54) is 0 Å². The Hall–Kier alpha value is -3.34. The summed E-state index contributed by atoms with van der Waals surface area (Å²) in [4.78, 5) is 27.4. The number of hydrogen-bond donors (Lipinski definition) is 2. The van der Waals surface area contributed by atoms with E-state index in [1.807, 2.05) is 54.6 Å². The quantitative estimate of drug-likeness (QED) is 0.719. The molecule has 0 bridgehead atoms. The topological polar surface area (TPSA) is 71.2 Å². The zero-order valence-corrected chi connectivity index (χ0v) is 14.5. The molecule has 0 aliphatic rings. The number of benzene rings is 2. The van der Waals surface area contributed by atoms with Crippen LogP contribution in [-0.4, -0.2) is 24.5 Å². The predicted molar refractivity (Wildman–Crippen MR) is 102 cm³/mol. The molecule has 0 aliphatic heterocycles. The molecule has 1 heterocycles. The fraction of sp³-hybridized carbons (Fsp3) is 0.143. The molecular formula is C21H20N2O3. The van der Waals surface area contributed by atoms with Crippen molar-refractivity contribution in [3.63, 3.8) is 0 Å². The second-order valence-corrected chi connectivity index (χ2v) is 5.82. The minimum Gasteiger partial charge on any atom is -0.497 e. The highest BCUT2D eigenvalue weighted by Gasteiger charge is 2.16. The number of H-pyrrole nitrogens is 1. The van der Waals surface area contributed by atoms with Crippen LogP contribution >= 0.6 is 0 Å². The maximum atomic E-state index is 12.6. The Morgan fingerprint density at radius 2 is 1.88 bits per heavy atom. The molecule has 2 N–H and O–H groups in total. The summed E-state index contributed by atoms with van der Waals surface area (Å²) in [7, 11) is 1.62. The van der Waals surface area contributed by atoms with E-state index in [4.69, 9.17) is 4.74 Å². The molecule has 26 heavy (non-hydrogen) atoms. The van der Waals surface area contributed by atoms with Gasteiger partial charge in [0.25, 0.3) is 11.5 Å². The van der Waals surface area contributed by atoms with Gasteiger partial charge in [-0.25, -0.2) is 0 Å². The van der Waals surface area contributed by atoms with E-state index < -0.39 is 5.56 Å². The highest BCUT2D eigenvalue weighted by atomic mass is 16.5. The molecule has 2 aromatic carbocycles. The van der Waals surface area contributed by atoms with Gasteiger partial charge in [-0.15, -0.1) is 0 Å². The fourth-order valence-corrected chi connectivity index (χ4v) is 2.80. The lowest BCUT2D eigenvalue weighted by Crippen LogP contribution is -2.31. The number of ether oxygens (including phenoxy) is 1. The monoisotopic (exact) mass is 348 g/mol. The lowest BCUT2D eigenvalue weighted by atomic mass is 10.0. The Morgan fingerprint density at radius 1 is 1.08 bits per heavy atom. The summed E-state index contributed by atoms with van der Waals surface area (Å²) in [5.41, 5.74) is 2.23. The number of carbonyl (C=O) groups is 1. The molecule has 0 radical (unpaired) electrons. The SMILES string of the molecule is COc1cccc(CCNC(=O)c2c(-c3ccccc3)cc[nH]c2=O)c1. The molecule has 0 spiro atoms. The molecular weight excluding hydrogens is 328 g/mol. The number of aromatic nitrogens is 1. The zero-order chi connectivity index (χ0) is 18.4. The number of methoxy groups -OCH3 is 1. The maximum absolute atomic E-state index is 12.6. The number of pyridine rings is 1. The van der Waals surface area contributed by atoms with Crippen molar-refractivity contribution in [3.05, 3.63) is 88.3 Å². The third kappa shape index (κ3) is 4.00. The van der Waals surface area contributed by atoms with Crippen LogP contribution in [0.15, 0.2) is 71.7 Å². The Kier molecular flexibility index (Phi) is 5.49. The number of rotatable bonds is 6. The molecule has 0 saturated heterocycles. The Labute approximate surface area is 151 Å². The lowest BCUT2D eigenvalue weighted by molar-refractivity contribution is 0.0953. The maximum Gasteiger partial charge on any atom is 0.261 e. The van der Waals surface area contributed by atoms with Gasteiger partial charge in [0.15, 0.2) is 0 Å². The summed E-state index contributed by atoms with van der Waals surface area (Å²) in [5, 5.41) is 2.84. The first-order chi connectivity index (χ1) is 12.7. The van der Waals surface area contributed by atoms with Crippen molar-refractivity contribution in [2.24, 2.45) is 0 Å². The number of carbonyl (C=O) groups excluding carboxylic acids is 1. The highest BCUT2D eigenvalue weighted by Crippen LogP contribution is 2.20. The number of hydrogen-bond acceptors (Lipinski definition) is 3. The third-order valence-electron chi connectivity index (χ3n) is 4.11. The predicted octanol–water partition coefficient (Wildman–Crippen LogP) is 3.02. The summed E-state index contributed by atoms with van der Waals surface area (Å²) < 4.78 is 5.20. The molecule has 0 fully saturated rings. The summed E-state index contributed by atoms with van der Waals surface area (Å²) in [6, 6.07) is 18.8. The molecule has 5 heteroatoms. The highest BCUT2D eigenvalue weighted by molar-refractivity contribution is 6.00. The van der Waals surface area contributed by atoms with Crippen molar-refractivity contribution in [2.45, 2.75) is 6.42 Å². The average Bonchev–Trinajstić information content (AvgIpc) is 2.68. The van der Waals surface area contributed by atoms with Crippen molar-refractivity contribution in [1.82, 2.24) is 10.3 Å². The molecule has 0 atom stereocenters. The number of amides is 1. The molecule has 0 aliphatic carbocycles. The van der Waals surface area contributed by atoms with Gasteiger partial charge in [0.05, 0.1) is 7.11 Å². The van der Waals surface area contributed by atoms with Crippen LogP contribution in [-0.2, 0) is 6.42 Å². The van der Waals surface area contributed by atoms with Gasteiger partial charge >= 0.3 is 0 Å². The minimum atomic E-state index is -0.398. The van der Waals surface area contributed by atoms with Crippen LogP contribution in [0.25, 0.3) is 11.1 Å². The van der Waals surface area contributed by atoms with E-state index in [2.05, 4.69) is 10.3 Å². The second kappa shape index (κ2) is 8.16. The van der Waals surface area contributed by atoms with Crippen LogP contribution in [0.1, 0.15) is 15.9 Å². The number of aromatic amines is 1. The average molecular weight is 348 g/mol. The lowest BCUT2D eigenvalue weighted by Gasteiger charge is -2.10. The van der Waals surface area contributed by atoms with Crippen LogP contribution in [0.2, 0.25) is 0 Å². The van der Waals surface area contributed by atoms with Gasteiger partial charge in [0.2, 0.25) is 0 Å². The van der Waals surface area contributed by atoms with E-state index in [9.17, 15) is 9.59 Å². The minimum absolute atomic E-state index is 0.129. The molecule has 1 aromatic heterocycles. The Balaban J connectivity index is 1.75. The third-order valence-corrected chi connectivity index (χ3v) is 4.11. The van der Waals surface area contributed by atoms with Gasteiger partial charge < -0.3 is 15.0 Å². The first kappa shape index (κ1) is 17.5. The van der Waals surface area contributed by atoms with Crippen molar-refractivity contribution < 1.29 is 9.53 Å². The summed E-state index contributed by atoms with van der Waals surface area (Å²) >= 11 is 0. The molecule has 0 saturated carbocycles. The van der Waals surface area contributed by atoms with Crippen LogP contribution in [0.5, 0.6) is 5.75 Å².